The Hall–Kier alpha value is -1.77. The van der Waals surface area contributed by atoms with Crippen LogP contribution in [0.3, 0.4) is 0 Å². The molecule has 4 aliphatic rings. The van der Waals surface area contributed by atoms with Crippen molar-refractivity contribution >= 4 is 17.7 Å². The molecule has 0 bridgehead atoms. The number of carbonyl (C=O) groups is 3. The van der Waals surface area contributed by atoms with Gasteiger partial charge in [0.1, 0.15) is 5.78 Å². The van der Waals surface area contributed by atoms with Crippen LogP contribution >= 0.6 is 0 Å². The summed E-state index contributed by atoms with van der Waals surface area (Å²) in [5.41, 5.74) is 1.81. The van der Waals surface area contributed by atoms with Crippen LogP contribution < -0.4 is 0 Å². The van der Waals surface area contributed by atoms with Crippen LogP contribution in [0.4, 0.5) is 0 Å². The third-order valence-corrected chi connectivity index (χ3v) is 8.59. The standard InChI is InChI=1S/C19H28O2.C4H6O6/c1-18-9-7-13(20)11-12(18)3-4-14-15-5-6-17(21)19(15,2)10-8-16(14)18;5-1(3(7)8)2(6)4(9)10/h3,13-16,20H,4-11H2,1-2H3;1-2,5-6H,(H,7,8)(H,9,10)/t13-,14-,15-,16-,18-,19-;/m0./s1. The summed E-state index contributed by atoms with van der Waals surface area (Å²) in [5, 5.41) is 42.5. The van der Waals surface area contributed by atoms with Crippen molar-refractivity contribution in [2.24, 2.45) is 28.6 Å². The Morgan fingerprint density at radius 2 is 1.52 bits per heavy atom. The first kappa shape index (κ1) is 23.9. The summed E-state index contributed by atoms with van der Waals surface area (Å²) in [4.78, 5) is 31.9. The molecule has 8 atom stereocenters. The van der Waals surface area contributed by atoms with E-state index in [2.05, 4.69) is 19.9 Å². The Bertz CT molecular complexity index is 758. The van der Waals surface area contributed by atoms with E-state index in [0.29, 0.717) is 23.0 Å². The second kappa shape index (κ2) is 8.64. The molecule has 8 heteroatoms. The maximum absolute atomic E-state index is 12.4. The Labute approximate surface area is 182 Å². The highest BCUT2D eigenvalue weighted by molar-refractivity contribution is 5.87. The monoisotopic (exact) mass is 438 g/mol. The molecule has 4 aliphatic carbocycles. The van der Waals surface area contributed by atoms with E-state index in [9.17, 15) is 19.5 Å². The summed E-state index contributed by atoms with van der Waals surface area (Å²) >= 11 is 0. The highest BCUT2D eigenvalue weighted by Gasteiger charge is 2.58. The van der Waals surface area contributed by atoms with Crippen molar-refractivity contribution in [3.63, 3.8) is 0 Å². The van der Waals surface area contributed by atoms with E-state index in [1.165, 1.54) is 12.0 Å². The number of fused-ring (bicyclic) bond motifs is 5. The zero-order chi connectivity index (χ0) is 23.1. The van der Waals surface area contributed by atoms with E-state index >= 15 is 0 Å². The number of aliphatic hydroxyl groups is 3. The highest BCUT2D eigenvalue weighted by atomic mass is 16.4. The minimum atomic E-state index is -2.27. The predicted octanol–water partition coefficient (Wildman–Crippen LogP) is 1.76. The number of carboxylic acids is 2. The van der Waals surface area contributed by atoms with Gasteiger partial charge in [-0.05, 0) is 68.1 Å². The van der Waals surface area contributed by atoms with Crippen molar-refractivity contribution in [3.05, 3.63) is 11.6 Å². The van der Waals surface area contributed by atoms with Crippen LogP contribution in [-0.4, -0.2) is 61.6 Å². The lowest BCUT2D eigenvalue weighted by Gasteiger charge is -2.56. The lowest BCUT2D eigenvalue weighted by molar-refractivity contribution is -0.165. The van der Waals surface area contributed by atoms with Crippen molar-refractivity contribution in [3.8, 4) is 0 Å². The fourth-order valence-corrected chi connectivity index (χ4v) is 6.68. The number of aliphatic carboxylic acids is 2. The van der Waals surface area contributed by atoms with E-state index < -0.39 is 24.1 Å². The van der Waals surface area contributed by atoms with Crippen molar-refractivity contribution in [2.45, 2.75) is 83.5 Å². The van der Waals surface area contributed by atoms with Gasteiger partial charge >= 0.3 is 11.9 Å². The predicted molar refractivity (Wildman–Crippen MR) is 110 cm³/mol. The fourth-order valence-electron chi connectivity index (χ4n) is 6.68. The first-order valence-corrected chi connectivity index (χ1v) is 11.1. The quantitative estimate of drug-likeness (QED) is 0.418. The van der Waals surface area contributed by atoms with Crippen molar-refractivity contribution in [1.29, 1.82) is 0 Å². The van der Waals surface area contributed by atoms with Gasteiger partial charge in [-0.25, -0.2) is 9.59 Å². The smallest absolute Gasteiger partial charge is 0.335 e. The van der Waals surface area contributed by atoms with E-state index in [4.69, 9.17) is 20.4 Å². The van der Waals surface area contributed by atoms with Crippen molar-refractivity contribution < 1.29 is 39.9 Å². The molecule has 0 saturated heterocycles. The van der Waals surface area contributed by atoms with E-state index in [-0.39, 0.29) is 11.5 Å². The van der Waals surface area contributed by atoms with Gasteiger partial charge in [-0.3, -0.25) is 4.79 Å². The largest absolute Gasteiger partial charge is 0.479 e. The number of ketones is 1. The first-order chi connectivity index (χ1) is 14.4. The summed E-state index contributed by atoms with van der Waals surface area (Å²) in [6.45, 7) is 4.69. The first-order valence-electron chi connectivity index (χ1n) is 11.1. The average molecular weight is 439 g/mol. The van der Waals surface area contributed by atoms with Gasteiger partial charge in [0.25, 0.3) is 0 Å². The summed E-state index contributed by atoms with van der Waals surface area (Å²) in [7, 11) is 0. The van der Waals surface area contributed by atoms with Gasteiger partial charge in [0.2, 0.25) is 0 Å². The molecule has 3 saturated carbocycles. The number of rotatable bonds is 3. The SMILES string of the molecule is C[C@]12CC[C@H](O)CC1=CC[C@@H]1[C@@H]2CC[C@]2(C)C(=O)CC[C@@H]12.O=C(O)C(O)C(O)C(=O)O. The van der Waals surface area contributed by atoms with Gasteiger partial charge in [0.05, 0.1) is 6.10 Å². The molecule has 0 aromatic heterocycles. The van der Waals surface area contributed by atoms with Crippen LogP contribution in [0, 0.1) is 28.6 Å². The molecular weight excluding hydrogens is 404 g/mol. The molecule has 2 unspecified atom stereocenters. The highest BCUT2D eigenvalue weighted by Crippen LogP contribution is 2.63. The second-order valence-corrected chi connectivity index (χ2v) is 10.1. The Morgan fingerprint density at radius 3 is 2.10 bits per heavy atom. The third-order valence-electron chi connectivity index (χ3n) is 8.59. The Balaban J connectivity index is 0.000000233. The molecule has 31 heavy (non-hydrogen) atoms. The van der Waals surface area contributed by atoms with Gasteiger partial charge in [0.15, 0.2) is 12.2 Å². The normalized spacial score (nSPS) is 40.8. The fraction of sp³-hybridized carbons (Fsp3) is 0.783. The second-order valence-electron chi connectivity index (χ2n) is 10.1. The number of allylic oxidation sites excluding steroid dienone is 1. The van der Waals surface area contributed by atoms with Crippen molar-refractivity contribution in [1.82, 2.24) is 0 Å². The lowest BCUT2D eigenvalue weighted by Crippen LogP contribution is -2.50. The van der Waals surface area contributed by atoms with E-state index in [1.807, 2.05) is 0 Å². The molecule has 0 spiro atoms. The lowest BCUT2D eigenvalue weighted by atomic mass is 9.48. The summed E-state index contributed by atoms with van der Waals surface area (Å²) in [6, 6.07) is 0. The van der Waals surface area contributed by atoms with Crippen molar-refractivity contribution in [2.75, 3.05) is 0 Å². The molecular formula is C23H34O8. The summed E-state index contributed by atoms with van der Waals surface area (Å²) < 4.78 is 0. The summed E-state index contributed by atoms with van der Waals surface area (Å²) in [5.74, 6) is -0.937. The molecule has 0 aliphatic heterocycles. The molecule has 5 N–H and O–H groups in total. The Morgan fingerprint density at radius 1 is 0.968 bits per heavy atom. The van der Waals surface area contributed by atoms with Gasteiger partial charge in [0, 0.05) is 11.8 Å². The van der Waals surface area contributed by atoms with Crippen LogP contribution in [0.1, 0.15) is 65.2 Å². The molecule has 0 aromatic carbocycles. The van der Waals surface area contributed by atoms with Crippen LogP contribution in [0.15, 0.2) is 11.6 Å². The number of carboxylic acid groups (broad SMARTS) is 2. The maximum Gasteiger partial charge on any atom is 0.335 e. The zero-order valence-electron chi connectivity index (χ0n) is 18.2. The topological polar surface area (TPSA) is 152 Å². The van der Waals surface area contributed by atoms with Gasteiger partial charge in [-0.2, -0.15) is 0 Å². The van der Waals surface area contributed by atoms with Crippen LogP contribution in [0.2, 0.25) is 0 Å². The minimum absolute atomic E-state index is 0.0168. The maximum atomic E-state index is 12.4. The molecule has 8 nitrogen and oxygen atoms in total. The molecule has 4 rings (SSSR count). The van der Waals surface area contributed by atoms with Gasteiger partial charge < -0.3 is 25.5 Å². The number of hydrogen-bond acceptors (Lipinski definition) is 6. The number of hydrogen-bond donors (Lipinski definition) is 5. The summed E-state index contributed by atoms with van der Waals surface area (Å²) in [6.07, 6.45) is 6.17. The molecule has 0 heterocycles. The average Bonchev–Trinajstić information content (AvgIpc) is 3.02. The molecule has 3 fully saturated rings. The van der Waals surface area contributed by atoms with Crippen LogP contribution in [0.25, 0.3) is 0 Å². The number of carbonyl (C=O) groups excluding carboxylic acids is 1. The van der Waals surface area contributed by atoms with E-state index in [0.717, 1.165) is 50.9 Å². The van der Waals surface area contributed by atoms with Gasteiger partial charge in [-0.1, -0.05) is 25.5 Å². The molecule has 174 valence electrons. The van der Waals surface area contributed by atoms with Crippen LogP contribution in [-0.2, 0) is 14.4 Å². The minimum Gasteiger partial charge on any atom is -0.479 e. The number of Topliss-reactive ketones (excluding diaryl/α,β-unsaturated/α-hetero) is 1. The molecule has 0 aromatic rings. The van der Waals surface area contributed by atoms with E-state index in [1.54, 1.807) is 0 Å². The van der Waals surface area contributed by atoms with Crippen LogP contribution in [0.5, 0.6) is 0 Å². The zero-order valence-corrected chi connectivity index (χ0v) is 18.2. The molecule has 0 amide bonds. The third kappa shape index (κ3) is 4.17. The Kier molecular flexibility index (Phi) is 6.65. The molecule has 0 radical (unpaired) electrons. The van der Waals surface area contributed by atoms with Gasteiger partial charge in [-0.15, -0.1) is 0 Å². The number of aliphatic hydroxyl groups excluding tert-OH is 3.